The van der Waals surface area contributed by atoms with Gasteiger partial charge in [0.2, 0.25) is 0 Å². The number of rotatable bonds is 5. The molecule has 0 aliphatic heterocycles. The number of hydrogen-bond acceptors (Lipinski definition) is 5. The summed E-state index contributed by atoms with van der Waals surface area (Å²) in [7, 11) is 0. The first kappa shape index (κ1) is 15.5. The van der Waals surface area contributed by atoms with Crippen LogP contribution in [0.3, 0.4) is 0 Å². The summed E-state index contributed by atoms with van der Waals surface area (Å²) in [6.45, 7) is 10.3. The molecule has 23 heavy (non-hydrogen) atoms. The highest BCUT2D eigenvalue weighted by molar-refractivity contribution is 5.56. The van der Waals surface area contributed by atoms with Crippen LogP contribution in [0.5, 0.6) is 0 Å². The molecule has 6 heteroatoms. The molecule has 1 N–H and O–H groups in total. The zero-order valence-corrected chi connectivity index (χ0v) is 14.3. The van der Waals surface area contributed by atoms with Gasteiger partial charge in [-0.2, -0.15) is 9.61 Å². The monoisotopic (exact) mass is 313 g/mol. The minimum absolute atomic E-state index is 0.00270. The maximum Gasteiger partial charge on any atom is 0.160 e. The predicted molar refractivity (Wildman–Crippen MR) is 89.8 cm³/mol. The Labute approximate surface area is 135 Å². The van der Waals surface area contributed by atoms with Crippen LogP contribution in [0.15, 0.2) is 16.7 Å². The first-order valence-electron chi connectivity index (χ1n) is 8.11. The fourth-order valence-electron chi connectivity index (χ4n) is 2.56. The topological polar surface area (TPSA) is 68.2 Å². The number of anilines is 1. The quantitative estimate of drug-likeness (QED) is 0.779. The lowest BCUT2D eigenvalue weighted by atomic mass is 10.2. The molecule has 0 bridgehead atoms. The molecule has 0 aliphatic carbocycles. The Bertz CT molecular complexity index is 833. The summed E-state index contributed by atoms with van der Waals surface area (Å²) < 4.78 is 7.30. The molecule has 3 aromatic heterocycles. The van der Waals surface area contributed by atoms with E-state index < -0.39 is 0 Å². The van der Waals surface area contributed by atoms with Crippen molar-refractivity contribution in [3.63, 3.8) is 0 Å². The number of hydrogen-bond donors (Lipinski definition) is 1. The van der Waals surface area contributed by atoms with E-state index in [0.29, 0.717) is 0 Å². The van der Waals surface area contributed by atoms with Gasteiger partial charge in [0.1, 0.15) is 5.82 Å². The van der Waals surface area contributed by atoms with Gasteiger partial charge in [0.15, 0.2) is 11.4 Å². The van der Waals surface area contributed by atoms with Gasteiger partial charge in [-0.05, 0) is 33.6 Å². The molecule has 0 aliphatic rings. The third kappa shape index (κ3) is 2.81. The van der Waals surface area contributed by atoms with Gasteiger partial charge >= 0.3 is 0 Å². The van der Waals surface area contributed by atoms with E-state index in [4.69, 9.17) is 9.51 Å². The summed E-state index contributed by atoms with van der Waals surface area (Å²) in [5.74, 6) is 1.75. The third-order valence-electron chi connectivity index (χ3n) is 4.20. The number of aromatic nitrogens is 4. The molecule has 3 aromatic rings. The molecule has 1 atom stereocenters. The van der Waals surface area contributed by atoms with E-state index >= 15 is 0 Å². The van der Waals surface area contributed by atoms with Crippen LogP contribution in [0, 0.1) is 13.8 Å². The minimum atomic E-state index is 0.00270. The van der Waals surface area contributed by atoms with Crippen molar-refractivity contribution in [2.24, 2.45) is 0 Å². The van der Waals surface area contributed by atoms with Crippen LogP contribution in [0.2, 0.25) is 0 Å². The standard InChI is InChI=1S/C17H23N5O/c1-6-13-9-16(22-17(19-13)10(3)11(4)20-22)18-12(5)15-8-14(7-2)21-23-15/h8-9,12,18H,6-7H2,1-5H3/t12-/m1/s1. The molecule has 122 valence electrons. The first-order valence-corrected chi connectivity index (χ1v) is 8.11. The van der Waals surface area contributed by atoms with Gasteiger partial charge < -0.3 is 9.84 Å². The maximum atomic E-state index is 5.43. The summed E-state index contributed by atoms with van der Waals surface area (Å²) in [6.07, 6.45) is 1.75. The van der Waals surface area contributed by atoms with E-state index in [2.05, 4.69) is 43.3 Å². The van der Waals surface area contributed by atoms with Crippen molar-refractivity contribution in [3.05, 3.63) is 40.5 Å². The molecule has 0 unspecified atom stereocenters. The SMILES string of the molecule is CCc1cc([C@@H](C)Nc2cc(CC)nc3c(C)c(C)nn23)on1. The van der Waals surface area contributed by atoms with Gasteiger partial charge in [0.25, 0.3) is 0 Å². The van der Waals surface area contributed by atoms with Gasteiger partial charge in [0, 0.05) is 23.4 Å². The highest BCUT2D eigenvalue weighted by Crippen LogP contribution is 2.23. The summed E-state index contributed by atoms with van der Waals surface area (Å²) in [4.78, 5) is 4.70. The fourth-order valence-corrected chi connectivity index (χ4v) is 2.56. The zero-order chi connectivity index (χ0) is 16.6. The smallest absolute Gasteiger partial charge is 0.160 e. The second-order valence-electron chi connectivity index (χ2n) is 5.87. The molecule has 0 aromatic carbocycles. The van der Waals surface area contributed by atoms with Gasteiger partial charge in [0.05, 0.1) is 17.4 Å². The Morgan fingerprint density at radius 2 is 1.91 bits per heavy atom. The van der Waals surface area contributed by atoms with E-state index in [-0.39, 0.29) is 6.04 Å². The summed E-state index contributed by atoms with van der Waals surface area (Å²) in [6, 6.07) is 4.05. The van der Waals surface area contributed by atoms with Crippen LogP contribution in [0.1, 0.15) is 55.2 Å². The van der Waals surface area contributed by atoms with Crippen molar-refractivity contribution in [1.82, 2.24) is 19.8 Å². The average Bonchev–Trinajstić information content (AvgIpc) is 3.14. The fraction of sp³-hybridized carbons (Fsp3) is 0.471. The number of aryl methyl sites for hydroxylation is 4. The molecule has 0 saturated heterocycles. The maximum absolute atomic E-state index is 5.43. The molecule has 6 nitrogen and oxygen atoms in total. The van der Waals surface area contributed by atoms with E-state index in [0.717, 1.165) is 52.7 Å². The Hall–Kier alpha value is -2.37. The van der Waals surface area contributed by atoms with Gasteiger partial charge in [-0.25, -0.2) is 4.98 Å². The van der Waals surface area contributed by atoms with Crippen LogP contribution in [0.4, 0.5) is 5.82 Å². The Morgan fingerprint density at radius 1 is 1.17 bits per heavy atom. The summed E-state index contributed by atoms with van der Waals surface area (Å²) >= 11 is 0. The highest BCUT2D eigenvalue weighted by atomic mass is 16.5. The minimum Gasteiger partial charge on any atom is -0.360 e. The summed E-state index contributed by atoms with van der Waals surface area (Å²) in [5, 5.41) is 12.1. The van der Waals surface area contributed by atoms with E-state index in [9.17, 15) is 0 Å². The lowest BCUT2D eigenvalue weighted by Gasteiger charge is -2.14. The second kappa shape index (κ2) is 6.02. The number of fused-ring (bicyclic) bond motifs is 1. The third-order valence-corrected chi connectivity index (χ3v) is 4.20. The molecular formula is C17H23N5O. The van der Waals surface area contributed by atoms with Crippen molar-refractivity contribution < 1.29 is 4.52 Å². The van der Waals surface area contributed by atoms with Gasteiger partial charge in [-0.1, -0.05) is 19.0 Å². The first-order chi connectivity index (χ1) is 11.0. The molecule has 3 heterocycles. The van der Waals surface area contributed by atoms with Gasteiger partial charge in [-0.3, -0.25) is 0 Å². The second-order valence-corrected chi connectivity index (χ2v) is 5.87. The Morgan fingerprint density at radius 3 is 2.57 bits per heavy atom. The molecule has 0 radical (unpaired) electrons. The lowest BCUT2D eigenvalue weighted by Crippen LogP contribution is -2.11. The van der Waals surface area contributed by atoms with Crippen molar-refractivity contribution >= 4 is 11.5 Å². The van der Waals surface area contributed by atoms with Crippen LogP contribution >= 0.6 is 0 Å². The van der Waals surface area contributed by atoms with Crippen LogP contribution < -0.4 is 5.32 Å². The normalized spacial score (nSPS) is 12.7. The molecule has 0 saturated carbocycles. The number of nitrogens with zero attached hydrogens (tertiary/aromatic N) is 4. The van der Waals surface area contributed by atoms with Crippen molar-refractivity contribution in [2.45, 2.75) is 53.5 Å². The Kier molecular flexibility index (Phi) is 4.07. The van der Waals surface area contributed by atoms with Crippen molar-refractivity contribution in [3.8, 4) is 0 Å². The largest absolute Gasteiger partial charge is 0.360 e. The van der Waals surface area contributed by atoms with Gasteiger partial charge in [-0.15, -0.1) is 0 Å². The summed E-state index contributed by atoms with van der Waals surface area (Å²) in [5.41, 5.74) is 5.03. The molecular weight excluding hydrogens is 290 g/mol. The van der Waals surface area contributed by atoms with Crippen molar-refractivity contribution in [1.29, 1.82) is 0 Å². The zero-order valence-electron chi connectivity index (χ0n) is 14.3. The van der Waals surface area contributed by atoms with Crippen LogP contribution in [0.25, 0.3) is 5.65 Å². The van der Waals surface area contributed by atoms with Crippen LogP contribution in [-0.4, -0.2) is 19.8 Å². The average molecular weight is 313 g/mol. The Balaban J connectivity index is 1.99. The molecule has 0 amide bonds. The lowest BCUT2D eigenvalue weighted by molar-refractivity contribution is 0.368. The van der Waals surface area contributed by atoms with E-state index in [1.807, 2.05) is 23.6 Å². The molecule has 0 fully saturated rings. The van der Waals surface area contributed by atoms with E-state index in [1.54, 1.807) is 0 Å². The molecule has 3 rings (SSSR count). The van der Waals surface area contributed by atoms with Crippen molar-refractivity contribution in [2.75, 3.05) is 5.32 Å². The number of nitrogens with one attached hydrogen (secondary N) is 1. The van der Waals surface area contributed by atoms with E-state index in [1.165, 1.54) is 0 Å². The predicted octanol–water partition coefficient (Wildman–Crippen LogP) is 3.63. The van der Waals surface area contributed by atoms with Crippen LogP contribution in [-0.2, 0) is 12.8 Å². The highest BCUT2D eigenvalue weighted by Gasteiger charge is 2.16. The molecule has 0 spiro atoms.